The number of rotatable bonds is 8. The van der Waals surface area contributed by atoms with Gasteiger partial charge in [-0.2, -0.15) is 0 Å². The average Bonchev–Trinajstić information content (AvgIpc) is 3.22. The van der Waals surface area contributed by atoms with E-state index in [0.717, 1.165) is 50.7 Å². The molecule has 6 nitrogen and oxygen atoms in total. The van der Waals surface area contributed by atoms with Crippen LogP contribution in [0.1, 0.15) is 24.0 Å². The Balaban J connectivity index is 0.00000288. The van der Waals surface area contributed by atoms with Crippen LogP contribution in [0.25, 0.3) is 0 Å². The normalized spacial score (nSPS) is 17.9. The molecule has 2 rings (SSSR count). The fourth-order valence-electron chi connectivity index (χ4n) is 2.65. The van der Waals surface area contributed by atoms with E-state index in [0.29, 0.717) is 19.1 Å². The molecule has 1 aliphatic rings. The fraction of sp³-hybridized carbons (Fsp3) is 0.750. The maximum Gasteiger partial charge on any atom is 0.193 e. The van der Waals surface area contributed by atoms with E-state index in [1.807, 2.05) is 7.05 Å². The number of hydrogen-bond donors (Lipinski definition) is 1. The van der Waals surface area contributed by atoms with Crippen LogP contribution >= 0.6 is 35.3 Å². The zero-order chi connectivity index (χ0) is 16.5. The summed E-state index contributed by atoms with van der Waals surface area (Å²) in [6.07, 6.45) is 2.14. The second kappa shape index (κ2) is 12.0. The minimum atomic E-state index is 0. The molecule has 0 amide bonds. The number of likely N-dealkylation sites (tertiary alicyclic amines) is 1. The van der Waals surface area contributed by atoms with Crippen LogP contribution in [0, 0.1) is 5.92 Å². The highest BCUT2D eigenvalue weighted by Gasteiger charge is 2.24. The lowest BCUT2D eigenvalue weighted by molar-refractivity contribution is 0.0536. The molecule has 1 N–H and O–H groups in total. The molecule has 1 aromatic rings. The first-order valence-corrected chi connectivity index (χ1v) is 9.10. The van der Waals surface area contributed by atoms with E-state index in [1.165, 1.54) is 5.01 Å². The zero-order valence-electron chi connectivity index (χ0n) is 14.8. The lowest BCUT2D eigenvalue weighted by atomic mass is 10.1. The van der Waals surface area contributed by atoms with E-state index < -0.39 is 0 Å². The quantitative estimate of drug-likeness (QED) is 0.275. The second-order valence-corrected chi connectivity index (χ2v) is 6.60. The van der Waals surface area contributed by atoms with Crippen LogP contribution in [0.15, 0.2) is 10.4 Å². The summed E-state index contributed by atoms with van der Waals surface area (Å²) in [6.45, 7) is 7.00. The summed E-state index contributed by atoms with van der Waals surface area (Å²) in [5.41, 5.74) is 1.09. The van der Waals surface area contributed by atoms with E-state index in [4.69, 9.17) is 9.47 Å². The number of nitrogens with zero attached hydrogens (tertiary/aromatic N) is 3. The van der Waals surface area contributed by atoms with Crippen molar-refractivity contribution in [3.63, 3.8) is 0 Å². The highest BCUT2D eigenvalue weighted by atomic mass is 127. The Morgan fingerprint density at radius 2 is 2.33 bits per heavy atom. The van der Waals surface area contributed by atoms with Crippen molar-refractivity contribution in [2.75, 3.05) is 47.1 Å². The average molecular weight is 468 g/mol. The van der Waals surface area contributed by atoms with E-state index in [2.05, 4.69) is 32.5 Å². The predicted molar refractivity (Wildman–Crippen MR) is 109 cm³/mol. The third-order valence-corrected chi connectivity index (χ3v) is 4.95. The van der Waals surface area contributed by atoms with Crippen LogP contribution in [-0.2, 0) is 22.4 Å². The maximum absolute atomic E-state index is 5.64. The van der Waals surface area contributed by atoms with E-state index in [9.17, 15) is 0 Å². The summed E-state index contributed by atoms with van der Waals surface area (Å²) in [5.74, 6) is 1.52. The van der Waals surface area contributed by atoms with Crippen molar-refractivity contribution < 1.29 is 9.47 Å². The van der Waals surface area contributed by atoms with Gasteiger partial charge in [-0.25, -0.2) is 4.98 Å². The third kappa shape index (κ3) is 6.81. The molecule has 0 spiro atoms. The molecule has 0 aliphatic carbocycles. The number of aromatic nitrogens is 1. The van der Waals surface area contributed by atoms with Gasteiger partial charge in [0.05, 0.1) is 37.1 Å². The van der Waals surface area contributed by atoms with Gasteiger partial charge in [0.25, 0.3) is 0 Å². The Hall–Kier alpha value is -0.450. The topological polar surface area (TPSA) is 59.0 Å². The molecule has 1 saturated heterocycles. The summed E-state index contributed by atoms with van der Waals surface area (Å²) < 4.78 is 10.6. The molecule has 0 bridgehead atoms. The summed E-state index contributed by atoms with van der Waals surface area (Å²) in [6, 6.07) is 0. The van der Waals surface area contributed by atoms with Crippen molar-refractivity contribution in [2.24, 2.45) is 10.9 Å². The molecule has 138 valence electrons. The summed E-state index contributed by atoms with van der Waals surface area (Å²) >= 11 is 1.72. The highest BCUT2D eigenvalue weighted by Crippen LogP contribution is 2.17. The minimum absolute atomic E-state index is 0. The Morgan fingerprint density at radius 1 is 1.50 bits per heavy atom. The molecule has 1 unspecified atom stereocenters. The van der Waals surface area contributed by atoms with Gasteiger partial charge in [0.1, 0.15) is 0 Å². The molecule has 0 aromatic carbocycles. The molecule has 8 heteroatoms. The molecular formula is C16H29IN4O2S. The molecule has 0 radical (unpaired) electrons. The van der Waals surface area contributed by atoms with Gasteiger partial charge in [-0.3, -0.25) is 4.99 Å². The number of aliphatic imine (C=N–C) groups is 1. The number of nitrogens with one attached hydrogen (secondary N) is 1. The van der Waals surface area contributed by atoms with Crippen molar-refractivity contribution in [3.05, 3.63) is 16.1 Å². The van der Waals surface area contributed by atoms with Crippen LogP contribution in [0.3, 0.4) is 0 Å². The van der Waals surface area contributed by atoms with E-state index >= 15 is 0 Å². The van der Waals surface area contributed by atoms with Crippen molar-refractivity contribution in [1.82, 2.24) is 15.2 Å². The lowest BCUT2D eigenvalue weighted by Gasteiger charge is -2.21. The Bertz CT molecular complexity index is 498. The Labute approximate surface area is 166 Å². The van der Waals surface area contributed by atoms with Crippen molar-refractivity contribution in [1.29, 1.82) is 0 Å². The summed E-state index contributed by atoms with van der Waals surface area (Å²) in [7, 11) is 3.53. The van der Waals surface area contributed by atoms with Gasteiger partial charge in [-0.1, -0.05) is 6.92 Å². The van der Waals surface area contributed by atoms with Crippen LogP contribution in [0.5, 0.6) is 0 Å². The monoisotopic (exact) mass is 468 g/mol. The number of hydrogen-bond acceptors (Lipinski definition) is 5. The van der Waals surface area contributed by atoms with Gasteiger partial charge in [0, 0.05) is 38.5 Å². The molecule has 1 atom stereocenters. The summed E-state index contributed by atoms with van der Waals surface area (Å²) in [5, 5.41) is 6.73. The highest BCUT2D eigenvalue weighted by molar-refractivity contribution is 14.0. The largest absolute Gasteiger partial charge is 0.382 e. The number of methoxy groups -OCH3 is 1. The van der Waals surface area contributed by atoms with Crippen LogP contribution < -0.4 is 5.32 Å². The van der Waals surface area contributed by atoms with Crippen molar-refractivity contribution in [3.8, 4) is 0 Å². The lowest BCUT2D eigenvalue weighted by Crippen LogP contribution is -2.40. The number of guanidine groups is 1. The van der Waals surface area contributed by atoms with Gasteiger partial charge >= 0.3 is 0 Å². The first kappa shape index (κ1) is 21.6. The maximum atomic E-state index is 5.64. The molecule has 24 heavy (non-hydrogen) atoms. The molecule has 1 aromatic heterocycles. The summed E-state index contributed by atoms with van der Waals surface area (Å²) in [4.78, 5) is 11.3. The smallest absolute Gasteiger partial charge is 0.193 e. The Morgan fingerprint density at radius 3 is 3.00 bits per heavy atom. The number of aryl methyl sites for hydroxylation is 1. The number of halogens is 1. The van der Waals surface area contributed by atoms with Gasteiger partial charge in [-0.15, -0.1) is 35.3 Å². The van der Waals surface area contributed by atoms with Crippen molar-refractivity contribution in [2.45, 2.75) is 26.3 Å². The van der Waals surface area contributed by atoms with Crippen LogP contribution in [-0.4, -0.2) is 62.9 Å². The van der Waals surface area contributed by atoms with Crippen molar-refractivity contribution >= 4 is 41.3 Å². The Kier molecular flexibility index (Phi) is 10.8. The molecule has 1 fully saturated rings. The predicted octanol–water partition coefficient (Wildman–Crippen LogP) is 2.38. The van der Waals surface area contributed by atoms with Gasteiger partial charge in [0.15, 0.2) is 5.96 Å². The van der Waals surface area contributed by atoms with Gasteiger partial charge in [0.2, 0.25) is 0 Å². The zero-order valence-corrected chi connectivity index (χ0v) is 17.9. The van der Waals surface area contributed by atoms with Crippen LogP contribution in [0.2, 0.25) is 0 Å². The molecular weight excluding hydrogens is 439 g/mol. The SMILES string of the molecule is CCc1nc(CNC(=NC)N2CCC(COCCOC)C2)cs1.I. The molecule has 0 saturated carbocycles. The number of ether oxygens (including phenoxy) is 2. The number of thiazole rings is 1. The standard InChI is InChI=1S/C16H28N4O2S.HI/c1-4-15-19-14(12-23-15)9-18-16(17-2)20-6-5-13(10-20)11-22-8-7-21-3;/h12-13H,4-11H2,1-3H3,(H,17,18);1H. The minimum Gasteiger partial charge on any atom is -0.382 e. The third-order valence-electron chi connectivity index (χ3n) is 3.91. The molecule has 2 heterocycles. The van der Waals surface area contributed by atoms with E-state index in [-0.39, 0.29) is 24.0 Å². The first-order chi connectivity index (χ1) is 11.3. The fourth-order valence-corrected chi connectivity index (χ4v) is 3.39. The molecule has 1 aliphatic heterocycles. The van der Waals surface area contributed by atoms with E-state index in [1.54, 1.807) is 18.4 Å². The first-order valence-electron chi connectivity index (χ1n) is 8.22. The van der Waals surface area contributed by atoms with Gasteiger partial charge in [-0.05, 0) is 12.8 Å². The second-order valence-electron chi connectivity index (χ2n) is 5.66. The van der Waals surface area contributed by atoms with Gasteiger partial charge < -0.3 is 19.7 Å². The van der Waals surface area contributed by atoms with Crippen LogP contribution in [0.4, 0.5) is 0 Å².